The lowest BCUT2D eigenvalue weighted by atomic mass is 10.1. The summed E-state index contributed by atoms with van der Waals surface area (Å²) in [6.07, 6.45) is 6.30. The Kier molecular flexibility index (Phi) is 2.72. The molecule has 0 aliphatic rings. The Labute approximate surface area is 90.7 Å². The molecule has 0 aliphatic carbocycles. The smallest absolute Gasteiger partial charge is 0.0455 e. The van der Waals surface area contributed by atoms with E-state index in [-0.39, 0.29) is 0 Å². The van der Waals surface area contributed by atoms with Crippen LogP contribution in [-0.4, -0.2) is 4.57 Å². The maximum Gasteiger partial charge on any atom is 0.0455 e. The van der Waals surface area contributed by atoms with Crippen LogP contribution >= 0.6 is 0 Å². The first-order valence-corrected chi connectivity index (χ1v) is 5.14. The summed E-state index contributed by atoms with van der Waals surface area (Å²) in [7, 11) is 0. The van der Waals surface area contributed by atoms with Crippen LogP contribution in [0, 0.1) is 0 Å². The maximum absolute atomic E-state index is 2.19. The van der Waals surface area contributed by atoms with Gasteiger partial charge in [0.2, 0.25) is 0 Å². The van der Waals surface area contributed by atoms with Crippen molar-refractivity contribution in [3.05, 3.63) is 59.9 Å². The molecule has 1 nitrogen and oxygen atoms in total. The van der Waals surface area contributed by atoms with Crippen molar-refractivity contribution in [1.29, 1.82) is 0 Å². The van der Waals surface area contributed by atoms with Gasteiger partial charge in [-0.2, -0.15) is 0 Å². The standard InChI is InChI=1S/C14H15N/c1-12(2)10-13-6-5-7-14(11-13)15-8-3-4-9-15/h3-11H,1-2H3. The average Bonchev–Trinajstić information content (AvgIpc) is 2.69. The summed E-state index contributed by atoms with van der Waals surface area (Å²) in [6.45, 7) is 4.23. The van der Waals surface area contributed by atoms with E-state index in [4.69, 9.17) is 0 Å². The Morgan fingerprint density at radius 2 is 1.80 bits per heavy atom. The molecule has 0 amide bonds. The minimum atomic E-state index is 1.20. The molecule has 76 valence electrons. The van der Waals surface area contributed by atoms with Crippen LogP contribution in [0.1, 0.15) is 19.4 Å². The van der Waals surface area contributed by atoms with E-state index in [1.807, 2.05) is 12.1 Å². The molecule has 0 saturated heterocycles. The predicted octanol–water partition coefficient (Wildman–Crippen LogP) is 3.90. The van der Waals surface area contributed by atoms with Crippen LogP contribution in [0.5, 0.6) is 0 Å². The van der Waals surface area contributed by atoms with E-state index in [2.05, 4.69) is 61.1 Å². The second-order valence-electron chi connectivity index (χ2n) is 3.91. The third-order valence-corrected chi connectivity index (χ3v) is 2.23. The number of nitrogens with zero attached hydrogens (tertiary/aromatic N) is 1. The minimum absolute atomic E-state index is 1.20. The Bertz CT molecular complexity index is 460. The number of hydrogen-bond donors (Lipinski definition) is 0. The van der Waals surface area contributed by atoms with Crippen molar-refractivity contribution in [3.8, 4) is 5.69 Å². The van der Waals surface area contributed by atoms with Crippen LogP contribution in [0.3, 0.4) is 0 Å². The first kappa shape index (κ1) is 9.78. The monoisotopic (exact) mass is 197 g/mol. The molecule has 1 aromatic carbocycles. The van der Waals surface area contributed by atoms with Crippen LogP contribution < -0.4 is 0 Å². The molecule has 0 bridgehead atoms. The quantitative estimate of drug-likeness (QED) is 0.688. The zero-order valence-corrected chi connectivity index (χ0v) is 9.14. The van der Waals surface area contributed by atoms with Gasteiger partial charge < -0.3 is 4.57 Å². The van der Waals surface area contributed by atoms with E-state index >= 15 is 0 Å². The molecule has 1 heteroatoms. The molecule has 0 aliphatic heterocycles. The van der Waals surface area contributed by atoms with Gasteiger partial charge in [-0.15, -0.1) is 0 Å². The molecular weight excluding hydrogens is 182 g/mol. The summed E-state index contributed by atoms with van der Waals surface area (Å²) < 4.78 is 2.11. The molecule has 0 fully saturated rings. The van der Waals surface area contributed by atoms with Crippen LogP contribution in [0.25, 0.3) is 11.8 Å². The van der Waals surface area contributed by atoms with Gasteiger partial charge in [0.15, 0.2) is 0 Å². The lowest BCUT2D eigenvalue weighted by Crippen LogP contribution is -1.89. The summed E-state index contributed by atoms with van der Waals surface area (Å²) in [5.41, 5.74) is 3.77. The van der Waals surface area contributed by atoms with Crippen molar-refractivity contribution >= 4 is 6.08 Å². The Balaban J connectivity index is 2.39. The third-order valence-electron chi connectivity index (χ3n) is 2.23. The Morgan fingerprint density at radius 3 is 2.47 bits per heavy atom. The summed E-state index contributed by atoms with van der Waals surface area (Å²) in [5, 5.41) is 0. The van der Waals surface area contributed by atoms with Crippen LogP contribution in [-0.2, 0) is 0 Å². The van der Waals surface area contributed by atoms with Crippen molar-refractivity contribution in [3.63, 3.8) is 0 Å². The fourth-order valence-corrected chi connectivity index (χ4v) is 1.62. The van der Waals surface area contributed by atoms with E-state index in [1.54, 1.807) is 0 Å². The molecule has 0 saturated carbocycles. The zero-order valence-electron chi connectivity index (χ0n) is 9.14. The second kappa shape index (κ2) is 4.18. The predicted molar refractivity (Wildman–Crippen MR) is 65.1 cm³/mol. The highest BCUT2D eigenvalue weighted by Crippen LogP contribution is 2.13. The first-order valence-electron chi connectivity index (χ1n) is 5.14. The van der Waals surface area contributed by atoms with Gasteiger partial charge in [0.25, 0.3) is 0 Å². The van der Waals surface area contributed by atoms with Crippen LogP contribution in [0.4, 0.5) is 0 Å². The summed E-state index contributed by atoms with van der Waals surface area (Å²) in [6, 6.07) is 12.6. The highest BCUT2D eigenvalue weighted by Gasteiger charge is 1.94. The van der Waals surface area contributed by atoms with Crippen LogP contribution in [0.2, 0.25) is 0 Å². The number of benzene rings is 1. The van der Waals surface area contributed by atoms with Gasteiger partial charge in [0, 0.05) is 18.1 Å². The molecular formula is C14H15N. The van der Waals surface area contributed by atoms with E-state index in [9.17, 15) is 0 Å². The van der Waals surface area contributed by atoms with E-state index in [0.29, 0.717) is 0 Å². The van der Waals surface area contributed by atoms with Gasteiger partial charge in [-0.05, 0) is 43.7 Å². The Morgan fingerprint density at radius 1 is 1.07 bits per heavy atom. The number of allylic oxidation sites excluding steroid dienone is 1. The summed E-state index contributed by atoms with van der Waals surface area (Å²) >= 11 is 0. The van der Waals surface area contributed by atoms with E-state index in [0.717, 1.165) is 0 Å². The van der Waals surface area contributed by atoms with Crippen molar-refractivity contribution < 1.29 is 0 Å². The molecule has 0 atom stereocenters. The highest BCUT2D eigenvalue weighted by atomic mass is 14.9. The largest absolute Gasteiger partial charge is 0.324 e. The summed E-state index contributed by atoms with van der Waals surface area (Å²) in [4.78, 5) is 0. The number of rotatable bonds is 2. The van der Waals surface area contributed by atoms with Gasteiger partial charge in [0.05, 0.1) is 0 Å². The fraction of sp³-hybridized carbons (Fsp3) is 0.143. The van der Waals surface area contributed by atoms with Gasteiger partial charge in [-0.3, -0.25) is 0 Å². The number of aromatic nitrogens is 1. The van der Waals surface area contributed by atoms with Gasteiger partial charge >= 0.3 is 0 Å². The van der Waals surface area contributed by atoms with Gasteiger partial charge in [0.1, 0.15) is 0 Å². The van der Waals surface area contributed by atoms with Crippen LogP contribution in [0.15, 0.2) is 54.4 Å². The number of hydrogen-bond acceptors (Lipinski definition) is 0. The normalized spacial score (nSPS) is 10.0. The average molecular weight is 197 g/mol. The van der Waals surface area contributed by atoms with E-state index < -0.39 is 0 Å². The maximum atomic E-state index is 2.19. The molecule has 0 radical (unpaired) electrons. The van der Waals surface area contributed by atoms with Crippen molar-refractivity contribution in [2.24, 2.45) is 0 Å². The van der Waals surface area contributed by atoms with Crippen molar-refractivity contribution in [2.75, 3.05) is 0 Å². The molecule has 0 N–H and O–H groups in total. The molecule has 15 heavy (non-hydrogen) atoms. The molecule has 1 heterocycles. The molecule has 0 spiro atoms. The molecule has 2 rings (SSSR count). The Hall–Kier alpha value is -1.76. The molecule has 0 unspecified atom stereocenters. The lowest BCUT2D eigenvalue weighted by molar-refractivity contribution is 1.08. The van der Waals surface area contributed by atoms with Gasteiger partial charge in [-0.1, -0.05) is 23.8 Å². The lowest BCUT2D eigenvalue weighted by Gasteiger charge is -2.04. The van der Waals surface area contributed by atoms with Crippen molar-refractivity contribution in [2.45, 2.75) is 13.8 Å². The van der Waals surface area contributed by atoms with Gasteiger partial charge in [-0.25, -0.2) is 0 Å². The topological polar surface area (TPSA) is 4.93 Å². The SMILES string of the molecule is CC(C)=Cc1cccc(-n2cccc2)c1. The first-order chi connectivity index (χ1) is 7.25. The second-order valence-corrected chi connectivity index (χ2v) is 3.91. The highest BCUT2D eigenvalue weighted by molar-refractivity contribution is 5.55. The molecule has 1 aromatic heterocycles. The van der Waals surface area contributed by atoms with E-state index in [1.165, 1.54) is 16.8 Å². The molecule has 2 aromatic rings. The third kappa shape index (κ3) is 2.38. The fourth-order valence-electron chi connectivity index (χ4n) is 1.62. The van der Waals surface area contributed by atoms with Crippen molar-refractivity contribution in [1.82, 2.24) is 4.57 Å². The summed E-state index contributed by atoms with van der Waals surface area (Å²) in [5.74, 6) is 0. The minimum Gasteiger partial charge on any atom is -0.324 e. The zero-order chi connectivity index (χ0) is 10.7.